The predicted octanol–water partition coefficient (Wildman–Crippen LogP) is 4.67. The number of aryl methyl sites for hydroxylation is 2. The lowest BCUT2D eigenvalue weighted by Crippen LogP contribution is -2.01. The Kier molecular flexibility index (Phi) is 3.97. The highest BCUT2D eigenvalue weighted by Crippen LogP contribution is 2.38. The van der Waals surface area contributed by atoms with Gasteiger partial charge in [-0.3, -0.25) is 5.43 Å². The third-order valence-electron chi connectivity index (χ3n) is 4.03. The molecular weight excluding hydrogens is 328 g/mol. The zero-order valence-corrected chi connectivity index (χ0v) is 14.0. The minimum Gasteiger partial charge on any atom is -0.261 e. The number of halogens is 1. The molecule has 4 nitrogen and oxygen atoms in total. The second-order valence-corrected chi connectivity index (χ2v) is 7.00. The Morgan fingerprint density at radius 2 is 2.04 bits per heavy atom. The predicted molar refractivity (Wildman–Crippen MR) is 96.7 cm³/mol. The fourth-order valence-electron chi connectivity index (χ4n) is 2.92. The van der Waals surface area contributed by atoms with E-state index in [9.17, 15) is 0 Å². The minimum absolute atomic E-state index is 0.679. The molecule has 0 atom stereocenters. The zero-order valence-electron chi connectivity index (χ0n) is 12.4. The monoisotopic (exact) mass is 342 g/mol. The number of hydrazone groups is 1. The molecule has 0 aliphatic heterocycles. The maximum atomic E-state index is 6.14. The van der Waals surface area contributed by atoms with Crippen molar-refractivity contribution in [3.8, 4) is 0 Å². The summed E-state index contributed by atoms with van der Waals surface area (Å²) in [6.45, 7) is 0. The van der Waals surface area contributed by atoms with Crippen molar-refractivity contribution in [3.63, 3.8) is 0 Å². The number of aromatic nitrogens is 2. The largest absolute Gasteiger partial charge is 0.261 e. The van der Waals surface area contributed by atoms with Gasteiger partial charge in [0.25, 0.3) is 0 Å². The lowest BCUT2D eigenvalue weighted by atomic mass is 9.97. The highest BCUT2D eigenvalue weighted by molar-refractivity contribution is 7.19. The van der Waals surface area contributed by atoms with E-state index in [-0.39, 0.29) is 0 Å². The lowest BCUT2D eigenvalue weighted by Gasteiger charge is -2.11. The number of benzene rings is 1. The van der Waals surface area contributed by atoms with Crippen LogP contribution in [0.25, 0.3) is 10.2 Å². The van der Waals surface area contributed by atoms with Crippen LogP contribution in [-0.2, 0) is 12.8 Å². The first kappa shape index (κ1) is 14.6. The number of nitrogens with zero attached hydrogens (tertiary/aromatic N) is 3. The van der Waals surface area contributed by atoms with E-state index in [1.54, 1.807) is 23.9 Å². The van der Waals surface area contributed by atoms with Crippen molar-refractivity contribution in [3.05, 3.63) is 51.6 Å². The van der Waals surface area contributed by atoms with Gasteiger partial charge in [-0.25, -0.2) is 9.97 Å². The molecule has 0 radical (unpaired) electrons. The molecular formula is C17H15ClN4S. The second kappa shape index (κ2) is 6.26. The van der Waals surface area contributed by atoms with Gasteiger partial charge in [0.05, 0.1) is 11.6 Å². The summed E-state index contributed by atoms with van der Waals surface area (Å²) in [5.41, 5.74) is 5.34. The lowest BCUT2D eigenvalue weighted by molar-refractivity contribution is 0.700. The van der Waals surface area contributed by atoms with Crippen molar-refractivity contribution in [2.45, 2.75) is 25.7 Å². The first-order valence-corrected chi connectivity index (χ1v) is 8.81. The van der Waals surface area contributed by atoms with Crippen molar-refractivity contribution >= 4 is 45.2 Å². The van der Waals surface area contributed by atoms with Crippen molar-refractivity contribution in [1.82, 2.24) is 9.97 Å². The van der Waals surface area contributed by atoms with E-state index in [1.165, 1.54) is 23.3 Å². The van der Waals surface area contributed by atoms with Crippen LogP contribution in [0.2, 0.25) is 5.02 Å². The molecule has 0 amide bonds. The third kappa shape index (κ3) is 2.82. The van der Waals surface area contributed by atoms with Crippen LogP contribution in [0.3, 0.4) is 0 Å². The van der Waals surface area contributed by atoms with Gasteiger partial charge in [0.2, 0.25) is 0 Å². The summed E-state index contributed by atoms with van der Waals surface area (Å²) in [5, 5.41) is 6.11. The standard InChI is InChI=1S/C17H15ClN4S/c18-13-7-3-1-5-11(13)9-21-22-16-15-12-6-2-4-8-14(12)23-17(15)20-10-19-16/h1,3,5,7,9-10H,2,4,6,8H2,(H,19,20,22)/b21-9+. The van der Waals surface area contributed by atoms with Crippen molar-refractivity contribution in [1.29, 1.82) is 0 Å². The number of nitrogens with one attached hydrogen (secondary N) is 1. The molecule has 1 aromatic carbocycles. The SMILES string of the molecule is Clc1ccccc1/C=N/Nc1ncnc2sc3c(c12)CCCC3. The van der Waals surface area contributed by atoms with Gasteiger partial charge in [-0.05, 0) is 37.3 Å². The maximum absolute atomic E-state index is 6.14. The van der Waals surface area contributed by atoms with Crippen LogP contribution in [0, 0.1) is 0 Å². The van der Waals surface area contributed by atoms with Crippen molar-refractivity contribution in [2.75, 3.05) is 5.43 Å². The van der Waals surface area contributed by atoms with Crippen LogP contribution in [0.4, 0.5) is 5.82 Å². The Labute approximate surface area is 143 Å². The molecule has 23 heavy (non-hydrogen) atoms. The number of rotatable bonds is 3. The Morgan fingerprint density at radius 3 is 2.96 bits per heavy atom. The Hall–Kier alpha value is -1.98. The van der Waals surface area contributed by atoms with Gasteiger partial charge >= 0.3 is 0 Å². The fraction of sp³-hybridized carbons (Fsp3) is 0.235. The van der Waals surface area contributed by atoms with Crippen LogP contribution in [0.15, 0.2) is 35.7 Å². The highest BCUT2D eigenvalue weighted by Gasteiger charge is 2.19. The Balaban J connectivity index is 1.67. The van der Waals surface area contributed by atoms with E-state index < -0.39 is 0 Å². The average Bonchev–Trinajstić information content (AvgIpc) is 2.96. The van der Waals surface area contributed by atoms with Gasteiger partial charge in [-0.1, -0.05) is 29.8 Å². The van der Waals surface area contributed by atoms with Crippen LogP contribution >= 0.6 is 22.9 Å². The molecule has 0 spiro atoms. The van der Waals surface area contributed by atoms with Crippen LogP contribution in [0.1, 0.15) is 28.8 Å². The van der Waals surface area contributed by atoms with Crippen LogP contribution in [-0.4, -0.2) is 16.2 Å². The van der Waals surface area contributed by atoms with E-state index in [4.69, 9.17) is 11.6 Å². The summed E-state index contributed by atoms with van der Waals surface area (Å²) in [7, 11) is 0. The number of hydrogen-bond donors (Lipinski definition) is 1. The molecule has 116 valence electrons. The highest BCUT2D eigenvalue weighted by atomic mass is 35.5. The molecule has 2 heterocycles. The summed E-state index contributed by atoms with van der Waals surface area (Å²) in [6, 6.07) is 7.61. The van der Waals surface area contributed by atoms with E-state index in [1.807, 2.05) is 24.3 Å². The Morgan fingerprint density at radius 1 is 1.17 bits per heavy atom. The van der Waals surface area contributed by atoms with E-state index >= 15 is 0 Å². The van der Waals surface area contributed by atoms with Gasteiger partial charge in [-0.2, -0.15) is 5.10 Å². The normalized spacial score (nSPS) is 14.3. The summed E-state index contributed by atoms with van der Waals surface area (Å²) < 4.78 is 0. The molecule has 0 saturated heterocycles. The molecule has 0 bridgehead atoms. The molecule has 1 N–H and O–H groups in total. The number of fused-ring (bicyclic) bond motifs is 3. The molecule has 0 fully saturated rings. The van der Waals surface area contributed by atoms with Crippen molar-refractivity contribution < 1.29 is 0 Å². The third-order valence-corrected chi connectivity index (χ3v) is 5.57. The quantitative estimate of drug-likeness (QED) is 0.556. The maximum Gasteiger partial charge on any atom is 0.158 e. The molecule has 3 aromatic rings. The van der Waals surface area contributed by atoms with Crippen LogP contribution < -0.4 is 5.43 Å². The van der Waals surface area contributed by atoms with Crippen LogP contribution in [0.5, 0.6) is 0 Å². The first-order chi connectivity index (χ1) is 11.3. The second-order valence-electron chi connectivity index (χ2n) is 5.50. The Bertz CT molecular complexity index is 887. The molecule has 0 saturated carbocycles. The van der Waals surface area contributed by atoms with Gasteiger partial charge < -0.3 is 0 Å². The minimum atomic E-state index is 0.679. The number of hydrogen-bond acceptors (Lipinski definition) is 5. The van der Waals surface area contributed by atoms with Gasteiger partial charge in [0.15, 0.2) is 5.82 Å². The average molecular weight is 343 g/mol. The van der Waals surface area contributed by atoms with Gasteiger partial charge in [0.1, 0.15) is 11.2 Å². The van der Waals surface area contributed by atoms with E-state index in [2.05, 4.69) is 20.5 Å². The topological polar surface area (TPSA) is 50.2 Å². The summed E-state index contributed by atoms with van der Waals surface area (Å²) >= 11 is 7.92. The van der Waals surface area contributed by atoms with Gasteiger partial charge in [0, 0.05) is 15.5 Å². The number of anilines is 1. The van der Waals surface area contributed by atoms with Gasteiger partial charge in [-0.15, -0.1) is 11.3 Å². The molecule has 0 unspecified atom stereocenters. The summed E-state index contributed by atoms with van der Waals surface area (Å²) in [4.78, 5) is 11.3. The summed E-state index contributed by atoms with van der Waals surface area (Å²) in [5.74, 6) is 0.776. The summed E-state index contributed by atoms with van der Waals surface area (Å²) in [6.07, 6.45) is 8.06. The molecule has 4 rings (SSSR count). The molecule has 6 heteroatoms. The smallest absolute Gasteiger partial charge is 0.158 e. The number of thiophene rings is 1. The molecule has 2 aromatic heterocycles. The van der Waals surface area contributed by atoms with E-state index in [0.29, 0.717) is 5.02 Å². The first-order valence-electron chi connectivity index (χ1n) is 7.62. The molecule has 1 aliphatic carbocycles. The van der Waals surface area contributed by atoms with E-state index in [0.717, 1.165) is 34.4 Å². The fourth-order valence-corrected chi connectivity index (χ4v) is 4.33. The molecule has 1 aliphatic rings. The zero-order chi connectivity index (χ0) is 15.6. The van der Waals surface area contributed by atoms with Crippen molar-refractivity contribution in [2.24, 2.45) is 5.10 Å².